The first-order valence-electron chi connectivity index (χ1n) is 9.99. The summed E-state index contributed by atoms with van der Waals surface area (Å²) in [6, 6.07) is 21.7. The van der Waals surface area contributed by atoms with Crippen LogP contribution >= 0.6 is 0 Å². The van der Waals surface area contributed by atoms with E-state index >= 15 is 0 Å². The van der Waals surface area contributed by atoms with Gasteiger partial charge in [-0.05, 0) is 24.6 Å². The molecule has 0 aliphatic carbocycles. The van der Waals surface area contributed by atoms with E-state index in [1.165, 1.54) is 5.56 Å². The van der Waals surface area contributed by atoms with Crippen LogP contribution in [0.4, 0.5) is 11.4 Å². The number of methoxy groups -OCH3 is 3. The van der Waals surface area contributed by atoms with Gasteiger partial charge in [-0.3, -0.25) is 4.79 Å². The second-order valence-electron chi connectivity index (χ2n) is 7.14. The number of benzene rings is 3. The van der Waals surface area contributed by atoms with Crippen LogP contribution in [0.1, 0.15) is 11.1 Å². The number of nitrogens with one attached hydrogen (secondary N) is 1. The van der Waals surface area contributed by atoms with Crippen molar-refractivity contribution in [3.63, 3.8) is 0 Å². The largest absolute Gasteiger partial charge is 0.493 e. The SMILES string of the molecule is COc1cc(NC(=O)CN(Cc2ccccc2)c2ccc(C)cc2)cc(OC)c1OC. The Hall–Kier alpha value is -3.67. The molecule has 6 heteroatoms. The summed E-state index contributed by atoms with van der Waals surface area (Å²) >= 11 is 0. The van der Waals surface area contributed by atoms with Crippen LogP contribution in [0.2, 0.25) is 0 Å². The molecule has 0 aliphatic heterocycles. The molecule has 0 fully saturated rings. The van der Waals surface area contributed by atoms with Crippen LogP contribution in [0.3, 0.4) is 0 Å². The van der Waals surface area contributed by atoms with Crippen molar-refractivity contribution in [2.24, 2.45) is 0 Å². The summed E-state index contributed by atoms with van der Waals surface area (Å²) in [6.45, 7) is 2.85. The Morgan fingerprint density at radius 1 is 0.871 bits per heavy atom. The molecule has 0 saturated carbocycles. The van der Waals surface area contributed by atoms with E-state index in [9.17, 15) is 4.79 Å². The maximum absolute atomic E-state index is 12.9. The molecule has 0 radical (unpaired) electrons. The Morgan fingerprint density at radius 3 is 2.03 bits per heavy atom. The number of amides is 1. The summed E-state index contributed by atoms with van der Waals surface area (Å²) in [7, 11) is 4.63. The molecule has 1 N–H and O–H groups in total. The highest BCUT2D eigenvalue weighted by atomic mass is 16.5. The number of hydrogen-bond acceptors (Lipinski definition) is 5. The van der Waals surface area contributed by atoms with Crippen molar-refractivity contribution < 1.29 is 19.0 Å². The molecule has 0 saturated heterocycles. The number of nitrogens with zero attached hydrogens (tertiary/aromatic N) is 1. The van der Waals surface area contributed by atoms with E-state index in [-0.39, 0.29) is 12.5 Å². The predicted octanol–water partition coefficient (Wildman–Crippen LogP) is 4.67. The molecule has 0 spiro atoms. The molecule has 1 amide bonds. The highest BCUT2D eigenvalue weighted by molar-refractivity contribution is 5.94. The molecule has 0 aromatic heterocycles. The van der Waals surface area contributed by atoms with Crippen molar-refractivity contribution in [3.05, 3.63) is 77.9 Å². The summed E-state index contributed by atoms with van der Waals surface area (Å²) in [4.78, 5) is 15.0. The molecule has 0 unspecified atom stereocenters. The van der Waals surface area contributed by atoms with Gasteiger partial charge < -0.3 is 24.4 Å². The van der Waals surface area contributed by atoms with Crippen LogP contribution in [0.25, 0.3) is 0 Å². The summed E-state index contributed by atoms with van der Waals surface area (Å²) in [5.74, 6) is 1.30. The van der Waals surface area contributed by atoms with Gasteiger partial charge in [-0.2, -0.15) is 0 Å². The summed E-state index contributed by atoms with van der Waals surface area (Å²) in [5.41, 5.74) is 3.85. The zero-order chi connectivity index (χ0) is 22.2. The van der Waals surface area contributed by atoms with Crippen LogP contribution in [-0.2, 0) is 11.3 Å². The molecule has 0 atom stereocenters. The maximum Gasteiger partial charge on any atom is 0.243 e. The van der Waals surface area contributed by atoms with Gasteiger partial charge in [-0.1, -0.05) is 48.0 Å². The number of carbonyl (C=O) groups is 1. The van der Waals surface area contributed by atoms with Crippen LogP contribution in [0.15, 0.2) is 66.7 Å². The highest BCUT2D eigenvalue weighted by Crippen LogP contribution is 2.39. The Kier molecular flexibility index (Phi) is 7.38. The van der Waals surface area contributed by atoms with Gasteiger partial charge in [0, 0.05) is 30.1 Å². The van der Waals surface area contributed by atoms with Gasteiger partial charge in [0.25, 0.3) is 0 Å². The van der Waals surface area contributed by atoms with Gasteiger partial charge in [0.2, 0.25) is 11.7 Å². The van der Waals surface area contributed by atoms with E-state index in [0.29, 0.717) is 29.5 Å². The number of rotatable bonds is 9. The van der Waals surface area contributed by atoms with Crippen molar-refractivity contribution in [1.29, 1.82) is 0 Å². The second kappa shape index (κ2) is 10.4. The van der Waals surface area contributed by atoms with Crippen molar-refractivity contribution in [2.75, 3.05) is 38.1 Å². The lowest BCUT2D eigenvalue weighted by atomic mass is 10.1. The third-order valence-electron chi connectivity index (χ3n) is 4.90. The molecular weight excluding hydrogens is 392 g/mol. The van der Waals surface area contributed by atoms with Crippen molar-refractivity contribution in [2.45, 2.75) is 13.5 Å². The third kappa shape index (κ3) is 5.69. The van der Waals surface area contributed by atoms with E-state index in [1.807, 2.05) is 54.3 Å². The minimum absolute atomic E-state index is 0.147. The van der Waals surface area contributed by atoms with Gasteiger partial charge in [0.1, 0.15) is 0 Å². The topological polar surface area (TPSA) is 60.0 Å². The molecule has 0 bridgehead atoms. The first-order chi connectivity index (χ1) is 15.0. The maximum atomic E-state index is 12.9. The highest BCUT2D eigenvalue weighted by Gasteiger charge is 2.17. The van der Waals surface area contributed by atoms with Crippen molar-refractivity contribution in [3.8, 4) is 17.2 Å². The van der Waals surface area contributed by atoms with E-state index in [2.05, 4.69) is 17.4 Å². The van der Waals surface area contributed by atoms with E-state index in [0.717, 1.165) is 11.3 Å². The monoisotopic (exact) mass is 420 g/mol. The lowest BCUT2D eigenvalue weighted by Gasteiger charge is -2.25. The van der Waals surface area contributed by atoms with Crippen LogP contribution < -0.4 is 24.4 Å². The Labute approximate surface area is 183 Å². The van der Waals surface area contributed by atoms with Crippen molar-refractivity contribution in [1.82, 2.24) is 0 Å². The second-order valence-corrected chi connectivity index (χ2v) is 7.14. The standard InChI is InChI=1S/C25H28N2O4/c1-18-10-12-21(13-11-18)27(16-19-8-6-5-7-9-19)17-24(28)26-20-14-22(29-2)25(31-4)23(15-20)30-3/h5-15H,16-17H2,1-4H3,(H,26,28). The molecule has 3 aromatic carbocycles. The summed E-state index contributed by atoms with van der Waals surface area (Å²) in [6.07, 6.45) is 0. The fourth-order valence-electron chi connectivity index (χ4n) is 3.32. The smallest absolute Gasteiger partial charge is 0.243 e. The van der Waals surface area contributed by atoms with Crippen LogP contribution in [-0.4, -0.2) is 33.8 Å². The molecule has 3 aromatic rings. The van der Waals surface area contributed by atoms with Crippen LogP contribution in [0.5, 0.6) is 17.2 Å². The molecule has 31 heavy (non-hydrogen) atoms. The van der Waals surface area contributed by atoms with Gasteiger partial charge in [-0.15, -0.1) is 0 Å². The molecule has 162 valence electrons. The summed E-state index contributed by atoms with van der Waals surface area (Å²) < 4.78 is 16.1. The number of aryl methyl sites for hydroxylation is 1. The Morgan fingerprint density at radius 2 is 1.48 bits per heavy atom. The lowest BCUT2D eigenvalue weighted by Crippen LogP contribution is -2.33. The minimum Gasteiger partial charge on any atom is -0.493 e. The molecule has 0 heterocycles. The van der Waals surface area contributed by atoms with E-state index < -0.39 is 0 Å². The van der Waals surface area contributed by atoms with Gasteiger partial charge >= 0.3 is 0 Å². The average molecular weight is 421 g/mol. The molecular formula is C25H28N2O4. The molecule has 0 aliphatic rings. The fraction of sp³-hybridized carbons (Fsp3) is 0.240. The number of hydrogen-bond donors (Lipinski definition) is 1. The predicted molar refractivity (Wildman–Crippen MR) is 123 cm³/mol. The fourth-order valence-corrected chi connectivity index (χ4v) is 3.32. The summed E-state index contributed by atoms with van der Waals surface area (Å²) in [5, 5.41) is 2.94. The Balaban J connectivity index is 1.81. The lowest BCUT2D eigenvalue weighted by molar-refractivity contribution is -0.115. The van der Waals surface area contributed by atoms with Gasteiger partial charge in [-0.25, -0.2) is 0 Å². The Bertz CT molecular complexity index is 979. The quantitative estimate of drug-likeness (QED) is 0.545. The van der Waals surface area contributed by atoms with Gasteiger partial charge in [0.05, 0.1) is 27.9 Å². The normalized spacial score (nSPS) is 10.3. The van der Waals surface area contributed by atoms with Crippen molar-refractivity contribution >= 4 is 17.3 Å². The zero-order valence-corrected chi connectivity index (χ0v) is 18.3. The molecule has 6 nitrogen and oxygen atoms in total. The van der Waals surface area contributed by atoms with E-state index in [1.54, 1.807) is 33.5 Å². The van der Waals surface area contributed by atoms with E-state index in [4.69, 9.17) is 14.2 Å². The zero-order valence-electron chi connectivity index (χ0n) is 18.3. The number of carbonyl (C=O) groups excluding carboxylic acids is 1. The minimum atomic E-state index is -0.147. The molecule has 3 rings (SSSR count). The number of anilines is 2. The first-order valence-corrected chi connectivity index (χ1v) is 9.99. The van der Waals surface area contributed by atoms with Gasteiger partial charge in [0.15, 0.2) is 11.5 Å². The third-order valence-corrected chi connectivity index (χ3v) is 4.90. The number of ether oxygens (including phenoxy) is 3. The average Bonchev–Trinajstić information content (AvgIpc) is 2.79. The first kappa shape index (κ1) is 22.0. The van der Waals surface area contributed by atoms with Crippen LogP contribution in [0, 0.1) is 6.92 Å².